The van der Waals surface area contributed by atoms with Crippen molar-refractivity contribution in [3.05, 3.63) is 164 Å². The van der Waals surface area contributed by atoms with Crippen molar-refractivity contribution in [2.45, 2.75) is 49.6 Å². The van der Waals surface area contributed by atoms with Crippen molar-refractivity contribution in [3.63, 3.8) is 0 Å². The molecule has 0 saturated carbocycles. The summed E-state index contributed by atoms with van der Waals surface area (Å²) < 4.78 is 71.5. The van der Waals surface area contributed by atoms with Crippen LogP contribution in [-0.2, 0) is 19.7 Å². The minimum atomic E-state index is -3.57. The van der Waals surface area contributed by atoms with Gasteiger partial charge in [0.05, 0.1) is 37.2 Å². The monoisotopic (exact) mass is 1110 g/mol. The molecule has 0 saturated heterocycles. The van der Waals surface area contributed by atoms with Gasteiger partial charge in [-0.1, -0.05) is 47.0 Å². The van der Waals surface area contributed by atoms with Gasteiger partial charge < -0.3 is 49.8 Å². The molecule has 400 valence electrons. The van der Waals surface area contributed by atoms with Crippen LogP contribution in [0.4, 0.5) is 11.4 Å². The number of aliphatic hydroxyl groups is 2. The Hall–Kier alpha value is -7.06. The number of nitrogens with one attached hydrogen (secondary N) is 4. The normalized spacial score (nSPS) is 12.4. The Bertz CT molecular complexity index is 3710. The van der Waals surface area contributed by atoms with Crippen LogP contribution >= 0.6 is 23.2 Å². The molecule has 0 amide bonds. The minimum Gasteiger partial charge on any atom is -0.497 e. The maximum absolute atomic E-state index is 14.2. The van der Waals surface area contributed by atoms with E-state index >= 15 is 0 Å². The number of hydrogen-bond acceptors (Lipinski definition) is 14. The number of ketones is 2. The number of halogens is 2. The van der Waals surface area contributed by atoms with Gasteiger partial charge in [0.15, 0.2) is 31.2 Å². The number of fused-ring (bicyclic) bond motifs is 2. The molecule has 0 spiro atoms. The Balaban J connectivity index is 0.000000221. The highest BCUT2D eigenvalue weighted by Gasteiger charge is 2.31. The SMILES string of the molecule is COc1cc(NC(C(=O)c2c[nH]c3c(C)cc(C)cc23)c2ccc(Cl)cc2OCCO)cc(S(C)(=O)=O)c1.COc1cc(NC(C(=O)c2c[nH]c3cc(C)c(C)cc23)c2ccc(Cl)cc2OCCO)cc(S(C)(=O)=O)c1. The molecule has 0 radical (unpaired) electrons. The Morgan fingerprint density at radius 3 is 1.50 bits per heavy atom. The third-order valence-corrected chi connectivity index (χ3v) is 15.1. The van der Waals surface area contributed by atoms with Crippen molar-refractivity contribution >= 4 is 87.6 Å². The van der Waals surface area contributed by atoms with Crippen LogP contribution in [0.15, 0.2) is 119 Å². The summed E-state index contributed by atoms with van der Waals surface area (Å²) in [5.41, 5.74) is 8.39. The molecular formula is C56H58Cl2N4O12S2. The standard InChI is InChI=1S/2C28H29ClN2O6S/c1-16-9-23-24(15-30-25(23)10-17(16)2)28(33)27(22-6-5-18(29)11-26(22)37-8-7-32)31-19-12-20(36-3)14-21(13-19)38(4,34)35;1-16-9-17(2)26-23(10-16)24(15-30-26)28(33)27(22-6-5-18(29)11-25(22)37-8-7-32)31-19-12-20(36-3)14-21(13-19)38(4,34)35/h2*5-6,9-15,27,30-32H,7-8H2,1-4H3. The first kappa shape index (κ1) is 56.7. The Morgan fingerprint density at radius 1 is 0.579 bits per heavy atom. The number of anilines is 2. The van der Waals surface area contributed by atoms with E-state index in [9.17, 15) is 36.6 Å². The molecule has 0 aliphatic rings. The largest absolute Gasteiger partial charge is 0.497 e. The summed E-state index contributed by atoms with van der Waals surface area (Å²) in [4.78, 5) is 34.9. The molecule has 0 aliphatic heterocycles. The maximum Gasteiger partial charge on any atom is 0.191 e. The van der Waals surface area contributed by atoms with Crippen LogP contribution in [0.25, 0.3) is 21.8 Å². The number of methoxy groups -OCH3 is 2. The maximum atomic E-state index is 14.2. The highest BCUT2D eigenvalue weighted by Crippen LogP contribution is 2.39. The molecule has 6 N–H and O–H groups in total. The predicted octanol–water partition coefficient (Wildman–Crippen LogP) is 10.5. The summed E-state index contributed by atoms with van der Waals surface area (Å²) in [6.45, 7) is 7.45. The number of aromatic nitrogens is 2. The number of hydrogen-bond donors (Lipinski definition) is 6. The van der Waals surface area contributed by atoms with Gasteiger partial charge in [0.1, 0.15) is 48.3 Å². The van der Waals surface area contributed by atoms with Crippen molar-refractivity contribution in [2.75, 3.05) is 63.8 Å². The molecule has 2 aromatic heterocycles. The molecule has 20 heteroatoms. The quantitative estimate of drug-likeness (QED) is 0.0390. The van der Waals surface area contributed by atoms with Gasteiger partial charge in [0.25, 0.3) is 0 Å². The van der Waals surface area contributed by atoms with Crippen LogP contribution < -0.4 is 29.6 Å². The number of ether oxygens (including phenoxy) is 4. The van der Waals surface area contributed by atoms with Gasteiger partial charge in [0.2, 0.25) is 0 Å². The van der Waals surface area contributed by atoms with Gasteiger partial charge in [-0.2, -0.15) is 0 Å². The van der Waals surface area contributed by atoms with Crippen LogP contribution in [0.3, 0.4) is 0 Å². The number of aryl methyl sites for hydroxylation is 4. The molecule has 16 nitrogen and oxygen atoms in total. The predicted molar refractivity (Wildman–Crippen MR) is 297 cm³/mol. The van der Waals surface area contributed by atoms with Gasteiger partial charge in [0, 0.05) is 103 Å². The molecular weight excluding hydrogens is 1060 g/mol. The van der Waals surface area contributed by atoms with Crippen LogP contribution in [-0.4, -0.2) is 102 Å². The number of aromatic amines is 2. The number of Topliss-reactive ketones (excluding diaryl/α,β-unsaturated/α-hetero) is 2. The van der Waals surface area contributed by atoms with Crippen molar-refractivity contribution < 1.29 is 55.6 Å². The second-order valence-corrected chi connectivity index (χ2v) is 23.0. The lowest BCUT2D eigenvalue weighted by atomic mass is 9.94. The Labute approximate surface area is 451 Å². The molecule has 2 heterocycles. The summed E-state index contributed by atoms with van der Waals surface area (Å²) in [6, 6.07) is 24.7. The van der Waals surface area contributed by atoms with E-state index < -0.39 is 31.8 Å². The molecule has 0 bridgehead atoms. The summed E-state index contributed by atoms with van der Waals surface area (Å²) in [5, 5.41) is 27.4. The van der Waals surface area contributed by atoms with E-state index in [-0.39, 0.29) is 47.8 Å². The average molecular weight is 1110 g/mol. The Morgan fingerprint density at radius 2 is 1.04 bits per heavy atom. The van der Waals surface area contributed by atoms with Crippen LogP contribution in [0, 0.1) is 27.7 Å². The molecule has 8 aromatic rings. The fourth-order valence-corrected chi connectivity index (χ4v) is 10.3. The van der Waals surface area contributed by atoms with E-state index in [1.165, 1.54) is 38.5 Å². The van der Waals surface area contributed by atoms with E-state index in [1.807, 2.05) is 52.0 Å². The molecule has 0 fully saturated rings. The molecule has 76 heavy (non-hydrogen) atoms. The number of carbonyl (C=O) groups is 2. The second-order valence-electron chi connectivity index (χ2n) is 18.1. The summed E-state index contributed by atoms with van der Waals surface area (Å²) in [6.07, 6.45) is 5.54. The zero-order valence-corrected chi connectivity index (χ0v) is 46.1. The Kier molecular flexibility index (Phi) is 17.8. The number of rotatable bonds is 20. The van der Waals surface area contributed by atoms with Crippen molar-refractivity contribution in [3.8, 4) is 23.0 Å². The molecule has 8 rings (SSSR count). The first-order valence-electron chi connectivity index (χ1n) is 23.7. The third kappa shape index (κ3) is 13.1. The fraction of sp³-hybridized carbons (Fsp3) is 0.250. The van der Waals surface area contributed by atoms with E-state index in [2.05, 4.69) is 20.6 Å². The van der Waals surface area contributed by atoms with Crippen molar-refractivity contribution in [1.82, 2.24) is 9.97 Å². The van der Waals surface area contributed by atoms with E-state index in [1.54, 1.807) is 60.9 Å². The van der Waals surface area contributed by atoms with Gasteiger partial charge >= 0.3 is 0 Å². The van der Waals surface area contributed by atoms with Gasteiger partial charge in [-0.05, 0) is 111 Å². The average Bonchev–Trinajstić information content (AvgIpc) is 4.00. The topological polar surface area (TPSA) is 235 Å². The van der Waals surface area contributed by atoms with Crippen molar-refractivity contribution in [2.24, 2.45) is 0 Å². The van der Waals surface area contributed by atoms with Gasteiger partial charge in [-0.15, -0.1) is 0 Å². The highest BCUT2D eigenvalue weighted by molar-refractivity contribution is 7.91. The van der Waals surface area contributed by atoms with E-state index in [4.69, 9.17) is 42.1 Å². The lowest BCUT2D eigenvalue weighted by molar-refractivity contribution is 0.0961. The first-order valence-corrected chi connectivity index (χ1v) is 28.2. The smallest absolute Gasteiger partial charge is 0.191 e. The van der Waals surface area contributed by atoms with E-state index in [0.29, 0.717) is 66.7 Å². The number of benzene rings is 6. The van der Waals surface area contributed by atoms with Crippen LogP contribution in [0.1, 0.15) is 66.2 Å². The molecule has 6 aromatic carbocycles. The zero-order valence-electron chi connectivity index (χ0n) is 42.9. The van der Waals surface area contributed by atoms with Gasteiger partial charge in [-0.25, -0.2) is 16.8 Å². The fourth-order valence-electron chi connectivity index (χ4n) is 8.63. The highest BCUT2D eigenvalue weighted by atomic mass is 35.5. The number of H-pyrrole nitrogens is 2. The first-order chi connectivity index (χ1) is 36.0. The molecule has 2 unspecified atom stereocenters. The minimum absolute atomic E-state index is 0.00278. The summed E-state index contributed by atoms with van der Waals surface area (Å²) in [7, 11) is -4.26. The van der Waals surface area contributed by atoms with E-state index in [0.717, 1.165) is 56.6 Å². The lowest BCUT2D eigenvalue weighted by Gasteiger charge is -2.23. The van der Waals surface area contributed by atoms with Gasteiger partial charge in [-0.3, -0.25) is 9.59 Å². The van der Waals surface area contributed by atoms with Crippen LogP contribution in [0.2, 0.25) is 10.0 Å². The third-order valence-electron chi connectivity index (χ3n) is 12.5. The van der Waals surface area contributed by atoms with Crippen molar-refractivity contribution in [1.29, 1.82) is 0 Å². The summed E-state index contributed by atoms with van der Waals surface area (Å²) >= 11 is 12.5. The summed E-state index contributed by atoms with van der Waals surface area (Å²) in [5.74, 6) is 0.701. The number of aliphatic hydroxyl groups excluding tert-OH is 2. The second kappa shape index (κ2) is 23.9. The number of sulfone groups is 2. The molecule has 0 aliphatic carbocycles. The zero-order chi connectivity index (χ0) is 55.2. The number of carbonyl (C=O) groups excluding carboxylic acids is 2. The van der Waals surface area contributed by atoms with Crippen LogP contribution in [0.5, 0.6) is 23.0 Å². The molecule has 2 atom stereocenters. The lowest BCUT2D eigenvalue weighted by Crippen LogP contribution is -2.22.